The van der Waals surface area contributed by atoms with Gasteiger partial charge in [0.15, 0.2) is 0 Å². The summed E-state index contributed by atoms with van der Waals surface area (Å²) in [5.41, 5.74) is 0.961. The van der Waals surface area contributed by atoms with E-state index < -0.39 is 6.09 Å². The highest BCUT2D eigenvalue weighted by Crippen LogP contribution is 2.17. The van der Waals surface area contributed by atoms with Gasteiger partial charge in [0.25, 0.3) is 0 Å². The van der Waals surface area contributed by atoms with Crippen molar-refractivity contribution in [3.8, 4) is 0 Å². The maximum Gasteiger partial charge on any atom is 0.407 e. The summed E-state index contributed by atoms with van der Waals surface area (Å²) in [5.74, 6) is 0.809. The second-order valence-electron chi connectivity index (χ2n) is 4.94. The molecule has 0 aliphatic rings. The number of alkyl carbamates (subject to hydrolysis) is 1. The maximum absolute atomic E-state index is 11.7. The summed E-state index contributed by atoms with van der Waals surface area (Å²) in [6.07, 6.45) is 1.19. The minimum atomic E-state index is -0.433. The highest BCUT2D eigenvalue weighted by molar-refractivity contribution is 5.67. The van der Waals surface area contributed by atoms with Crippen molar-refractivity contribution in [2.75, 3.05) is 20.6 Å². The summed E-state index contributed by atoms with van der Waals surface area (Å²) >= 11 is 0. The predicted octanol–water partition coefficient (Wildman–Crippen LogP) is 2.81. The van der Waals surface area contributed by atoms with Gasteiger partial charge in [0.05, 0.1) is 12.3 Å². The fourth-order valence-corrected chi connectivity index (χ4v) is 1.97. The first kappa shape index (κ1) is 15.1. The molecule has 0 saturated heterocycles. The molecule has 0 saturated carbocycles. The summed E-state index contributed by atoms with van der Waals surface area (Å²) in [5, 5.41) is 2.76. The number of amides is 1. The fourth-order valence-electron chi connectivity index (χ4n) is 1.97. The molecule has 0 aliphatic heterocycles. The van der Waals surface area contributed by atoms with E-state index in [2.05, 4.69) is 5.32 Å². The van der Waals surface area contributed by atoms with Crippen molar-refractivity contribution < 1.29 is 13.9 Å². The van der Waals surface area contributed by atoms with Crippen molar-refractivity contribution in [3.05, 3.63) is 60.1 Å². The molecule has 0 aliphatic carbocycles. The van der Waals surface area contributed by atoms with E-state index in [0.29, 0.717) is 6.54 Å². The Morgan fingerprint density at radius 2 is 2.00 bits per heavy atom. The number of benzene rings is 1. The van der Waals surface area contributed by atoms with E-state index in [1.807, 2.05) is 61.5 Å². The molecular formula is C16H20N2O3. The second-order valence-corrected chi connectivity index (χ2v) is 4.94. The number of nitrogens with zero attached hydrogens (tertiary/aromatic N) is 1. The number of furan rings is 1. The molecule has 0 bridgehead atoms. The molecule has 5 heteroatoms. The van der Waals surface area contributed by atoms with Crippen molar-refractivity contribution in [1.29, 1.82) is 0 Å². The molecule has 1 unspecified atom stereocenters. The number of carbonyl (C=O) groups is 1. The van der Waals surface area contributed by atoms with E-state index in [1.165, 1.54) is 0 Å². The summed E-state index contributed by atoms with van der Waals surface area (Å²) in [4.78, 5) is 13.7. The van der Waals surface area contributed by atoms with Crippen LogP contribution in [0.1, 0.15) is 17.4 Å². The number of carbonyl (C=O) groups excluding carboxylic acids is 1. The Kier molecular flexibility index (Phi) is 5.40. The molecule has 1 aromatic heterocycles. The third-order valence-electron chi connectivity index (χ3n) is 3.15. The van der Waals surface area contributed by atoms with Gasteiger partial charge in [-0.25, -0.2) is 4.79 Å². The van der Waals surface area contributed by atoms with E-state index in [4.69, 9.17) is 9.15 Å². The van der Waals surface area contributed by atoms with Crippen molar-refractivity contribution in [1.82, 2.24) is 10.2 Å². The quantitative estimate of drug-likeness (QED) is 0.888. The lowest BCUT2D eigenvalue weighted by atomic mass is 10.2. The zero-order valence-corrected chi connectivity index (χ0v) is 12.3. The topological polar surface area (TPSA) is 54.7 Å². The third-order valence-corrected chi connectivity index (χ3v) is 3.15. The van der Waals surface area contributed by atoms with Gasteiger partial charge in [-0.1, -0.05) is 30.3 Å². The lowest BCUT2D eigenvalue weighted by molar-refractivity contribution is 0.135. The van der Waals surface area contributed by atoms with E-state index in [1.54, 1.807) is 6.26 Å². The molecule has 1 aromatic carbocycles. The Hall–Kier alpha value is -2.27. The second kappa shape index (κ2) is 7.50. The van der Waals surface area contributed by atoms with E-state index in [9.17, 15) is 4.79 Å². The summed E-state index contributed by atoms with van der Waals surface area (Å²) < 4.78 is 10.6. The standard InChI is InChI=1S/C16H20N2O3/c1-18(2)14(15-9-6-10-20-15)11-17-16(19)21-12-13-7-4-3-5-8-13/h3-10,14H,11-12H2,1-2H3,(H,17,19). The van der Waals surface area contributed by atoms with Crippen LogP contribution in [-0.2, 0) is 11.3 Å². The zero-order chi connectivity index (χ0) is 15.1. The molecule has 1 amide bonds. The van der Waals surface area contributed by atoms with Gasteiger partial charge in [0.2, 0.25) is 0 Å². The van der Waals surface area contributed by atoms with Crippen LogP contribution in [0, 0.1) is 0 Å². The van der Waals surface area contributed by atoms with Crippen LogP contribution in [0.4, 0.5) is 4.79 Å². The van der Waals surface area contributed by atoms with Crippen LogP contribution in [0.3, 0.4) is 0 Å². The van der Waals surface area contributed by atoms with E-state index >= 15 is 0 Å². The number of hydrogen-bond donors (Lipinski definition) is 1. The van der Waals surface area contributed by atoms with Gasteiger partial charge in [-0.05, 0) is 31.8 Å². The van der Waals surface area contributed by atoms with Crippen LogP contribution in [0.2, 0.25) is 0 Å². The average molecular weight is 288 g/mol. The normalized spacial score (nSPS) is 12.1. The summed E-state index contributed by atoms with van der Waals surface area (Å²) in [7, 11) is 3.87. The molecule has 1 atom stereocenters. The van der Waals surface area contributed by atoms with Crippen LogP contribution in [-0.4, -0.2) is 31.6 Å². The summed E-state index contributed by atoms with van der Waals surface area (Å²) in [6, 6.07) is 13.3. The van der Waals surface area contributed by atoms with Crippen molar-refractivity contribution in [2.24, 2.45) is 0 Å². The van der Waals surface area contributed by atoms with Gasteiger partial charge < -0.3 is 14.5 Å². The fraction of sp³-hybridized carbons (Fsp3) is 0.312. The average Bonchev–Trinajstić information content (AvgIpc) is 3.00. The number of hydrogen-bond acceptors (Lipinski definition) is 4. The maximum atomic E-state index is 11.7. The Balaban J connectivity index is 1.80. The van der Waals surface area contributed by atoms with Gasteiger partial charge in [-0.3, -0.25) is 4.90 Å². The molecule has 0 spiro atoms. The predicted molar refractivity (Wildman–Crippen MR) is 79.8 cm³/mol. The van der Waals surface area contributed by atoms with Gasteiger partial charge in [0, 0.05) is 6.54 Å². The van der Waals surface area contributed by atoms with Crippen LogP contribution < -0.4 is 5.32 Å². The molecule has 0 fully saturated rings. The lowest BCUT2D eigenvalue weighted by Gasteiger charge is -2.22. The Labute approximate surface area is 124 Å². The first-order valence-electron chi connectivity index (χ1n) is 6.81. The zero-order valence-electron chi connectivity index (χ0n) is 12.3. The smallest absolute Gasteiger partial charge is 0.407 e. The molecule has 21 heavy (non-hydrogen) atoms. The van der Waals surface area contributed by atoms with Crippen LogP contribution >= 0.6 is 0 Å². The molecule has 0 radical (unpaired) electrons. The molecule has 1 heterocycles. The highest BCUT2D eigenvalue weighted by atomic mass is 16.5. The number of ether oxygens (including phenoxy) is 1. The van der Waals surface area contributed by atoms with Gasteiger partial charge in [-0.2, -0.15) is 0 Å². The molecule has 2 aromatic rings. The van der Waals surface area contributed by atoms with Gasteiger partial charge in [0.1, 0.15) is 12.4 Å². The Morgan fingerprint density at radius 3 is 2.62 bits per heavy atom. The lowest BCUT2D eigenvalue weighted by Crippen LogP contribution is -2.34. The van der Waals surface area contributed by atoms with Crippen LogP contribution in [0.25, 0.3) is 0 Å². The molecule has 1 N–H and O–H groups in total. The molecule has 2 rings (SSSR count). The number of likely N-dealkylation sites (N-methyl/N-ethyl adjacent to an activating group) is 1. The summed E-state index contributed by atoms with van der Waals surface area (Å²) in [6.45, 7) is 0.689. The highest BCUT2D eigenvalue weighted by Gasteiger charge is 2.18. The van der Waals surface area contributed by atoms with Gasteiger partial charge in [-0.15, -0.1) is 0 Å². The number of rotatable bonds is 6. The van der Waals surface area contributed by atoms with Crippen LogP contribution in [0.5, 0.6) is 0 Å². The largest absolute Gasteiger partial charge is 0.468 e. The van der Waals surface area contributed by atoms with Gasteiger partial charge >= 0.3 is 6.09 Å². The minimum Gasteiger partial charge on any atom is -0.468 e. The van der Waals surface area contributed by atoms with E-state index in [-0.39, 0.29) is 12.6 Å². The third kappa shape index (κ3) is 4.65. The van der Waals surface area contributed by atoms with Crippen LogP contribution in [0.15, 0.2) is 53.1 Å². The first-order valence-corrected chi connectivity index (χ1v) is 6.81. The monoisotopic (exact) mass is 288 g/mol. The van der Waals surface area contributed by atoms with E-state index in [0.717, 1.165) is 11.3 Å². The molecule has 112 valence electrons. The molecule has 5 nitrogen and oxygen atoms in total. The first-order chi connectivity index (χ1) is 10.2. The number of nitrogens with one attached hydrogen (secondary N) is 1. The minimum absolute atomic E-state index is 0.0238. The Bertz CT molecular complexity index is 538. The molecular weight excluding hydrogens is 268 g/mol. The van der Waals surface area contributed by atoms with Crippen molar-refractivity contribution >= 4 is 6.09 Å². The Morgan fingerprint density at radius 1 is 1.24 bits per heavy atom. The van der Waals surface area contributed by atoms with Crippen molar-refractivity contribution in [2.45, 2.75) is 12.6 Å². The van der Waals surface area contributed by atoms with Crippen molar-refractivity contribution in [3.63, 3.8) is 0 Å². The SMILES string of the molecule is CN(C)C(CNC(=O)OCc1ccccc1)c1ccco1.